The van der Waals surface area contributed by atoms with Crippen molar-refractivity contribution in [1.82, 2.24) is 9.78 Å². The van der Waals surface area contributed by atoms with E-state index in [1.807, 2.05) is 20.2 Å². The molecule has 1 aromatic rings. The van der Waals surface area contributed by atoms with Gasteiger partial charge in [0.1, 0.15) is 0 Å². The number of aryl methyl sites for hydroxylation is 2. The largest absolute Gasteiger partial charge is 0.294 e. The summed E-state index contributed by atoms with van der Waals surface area (Å²) in [5.74, 6) is 0.935. The van der Waals surface area contributed by atoms with Crippen LogP contribution in [0.25, 0.3) is 0 Å². The Morgan fingerprint density at radius 3 is 2.93 bits per heavy atom. The quantitative estimate of drug-likeness (QED) is 0.683. The van der Waals surface area contributed by atoms with Crippen LogP contribution in [0.2, 0.25) is 0 Å². The molecule has 0 spiro atoms. The standard InChI is InChI=1S/C11H16N2O/c1-3-10-9(7-13(2)12-10)11(14)6-8-4-5-8/h7-8H,3-6H2,1-2H3. The number of carbonyl (C=O) groups is 1. The Kier molecular flexibility index (Phi) is 2.40. The van der Waals surface area contributed by atoms with Crippen molar-refractivity contribution in [3.05, 3.63) is 17.5 Å². The Bertz CT molecular complexity index is 350. The van der Waals surface area contributed by atoms with Crippen molar-refractivity contribution in [2.45, 2.75) is 32.6 Å². The Balaban J connectivity index is 2.15. The minimum atomic E-state index is 0.275. The van der Waals surface area contributed by atoms with Crippen molar-refractivity contribution in [2.24, 2.45) is 13.0 Å². The fourth-order valence-electron chi connectivity index (χ4n) is 1.72. The molecule has 3 heteroatoms. The lowest BCUT2D eigenvalue weighted by Crippen LogP contribution is -2.02. The molecule has 14 heavy (non-hydrogen) atoms. The maximum Gasteiger partial charge on any atom is 0.166 e. The minimum Gasteiger partial charge on any atom is -0.294 e. The van der Waals surface area contributed by atoms with Gasteiger partial charge in [-0.1, -0.05) is 6.92 Å². The zero-order chi connectivity index (χ0) is 10.1. The van der Waals surface area contributed by atoms with E-state index in [0.29, 0.717) is 5.92 Å². The van der Waals surface area contributed by atoms with E-state index in [4.69, 9.17) is 0 Å². The number of Topliss-reactive ketones (excluding diaryl/α,β-unsaturated/α-hetero) is 1. The Labute approximate surface area is 84.1 Å². The first-order chi connectivity index (χ1) is 6.70. The molecule has 1 heterocycles. The molecular weight excluding hydrogens is 176 g/mol. The van der Waals surface area contributed by atoms with E-state index >= 15 is 0 Å². The van der Waals surface area contributed by atoms with Gasteiger partial charge in [0.05, 0.1) is 11.3 Å². The highest BCUT2D eigenvalue weighted by Gasteiger charge is 2.26. The van der Waals surface area contributed by atoms with Crippen molar-refractivity contribution in [2.75, 3.05) is 0 Å². The van der Waals surface area contributed by atoms with E-state index in [2.05, 4.69) is 5.10 Å². The van der Waals surface area contributed by atoms with Gasteiger partial charge in [0.2, 0.25) is 0 Å². The molecule has 0 bridgehead atoms. The predicted molar refractivity (Wildman–Crippen MR) is 54.3 cm³/mol. The molecule has 0 atom stereocenters. The molecule has 0 amide bonds. The zero-order valence-corrected chi connectivity index (χ0v) is 8.79. The van der Waals surface area contributed by atoms with Gasteiger partial charge in [0.15, 0.2) is 5.78 Å². The summed E-state index contributed by atoms with van der Waals surface area (Å²) in [6, 6.07) is 0. The highest BCUT2D eigenvalue weighted by Crippen LogP contribution is 2.33. The summed E-state index contributed by atoms with van der Waals surface area (Å²) in [6.07, 6.45) is 5.87. The summed E-state index contributed by atoms with van der Waals surface area (Å²) in [6.45, 7) is 2.04. The van der Waals surface area contributed by atoms with Crippen LogP contribution in [0.3, 0.4) is 0 Å². The molecule has 0 N–H and O–H groups in total. The van der Waals surface area contributed by atoms with Gasteiger partial charge in [-0.05, 0) is 25.2 Å². The summed E-state index contributed by atoms with van der Waals surface area (Å²) in [4.78, 5) is 11.8. The fraction of sp³-hybridized carbons (Fsp3) is 0.636. The molecule has 1 aromatic heterocycles. The number of hydrogen-bond donors (Lipinski definition) is 0. The first-order valence-corrected chi connectivity index (χ1v) is 5.26. The molecule has 2 rings (SSSR count). The molecule has 0 saturated heterocycles. The Hall–Kier alpha value is -1.12. The van der Waals surface area contributed by atoms with Crippen LogP contribution in [0.1, 0.15) is 42.2 Å². The van der Waals surface area contributed by atoms with Crippen molar-refractivity contribution in [3.63, 3.8) is 0 Å². The maximum absolute atomic E-state index is 11.8. The van der Waals surface area contributed by atoms with E-state index in [0.717, 1.165) is 24.1 Å². The van der Waals surface area contributed by atoms with Crippen molar-refractivity contribution >= 4 is 5.78 Å². The predicted octanol–water partition coefficient (Wildman–Crippen LogP) is 1.97. The number of nitrogens with zero attached hydrogens (tertiary/aromatic N) is 2. The lowest BCUT2D eigenvalue weighted by Gasteiger charge is -1.97. The van der Waals surface area contributed by atoms with Crippen molar-refractivity contribution < 1.29 is 4.79 Å². The van der Waals surface area contributed by atoms with Crippen molar-refractivity contribution in [1.29, 1.82) is 0 Å². The average Bonchev–Trinajstić information content (AvgIpc) is 2.87. The molecular formula is C11H16N2O. The Morgan fingerprint density at radius 1 is 1.64 bits per heavy atom. The SMILES string of the molecule is CCc1nn(C)cc1C(=O)CC1CC1. The molecule has 0 unspecified atom stereocenters. The van der Waals surface area contributed by atoms with Gasteiger partial charge < -0.3 is 0 Å². The zero-order valence-electron chi connectivity index (χ0n) is 8.79. The lowest BCUT2D eigenvalue weighted by molar-refractivity contribution is 0.0975. The smallest absolute Gasteiger partial charge is 0.166 e. The van der Waals surface area contributed by atoms with Gasteiger partial charge >= 0.3 is 0 Å². The average molecular weight is 192 g/mol. The fourth-order valence-corrected chi connectivity index (χ4v) is 1.72. The van der Waals surface area contributed by atoms with Crippen LogP contribution in [0.5, 0.6) is 0 Å². The number of rotatable bonds is 4. The third kappa shape index (κ3) is 1.86. The van der Waals surface area contributed by atoms with Crippen LogP contribution < -0.4 is 0 Å². The van der Waals surface area contributed by atoms with E-state index < -0.39 is 0 Å². The van der Waals surface area contributed by atoms with Gasteiger partial charge in [0, 0.05) is 19.7 Å². The van der Waals surface area contributed by atoms with E-state index in [-0.39, 0.29) is 5.78 Å². The number of aromatic nitrogens is 2. The lowest BCUT2D eigenvalue weighted by atomic mass is 10.1. The third-order valence-corrected chi connectivity index (χ3v) is 2.71. The van der Waals surface area contributed by atoms with E-state index in [9.17, 15) is 4.79 Å². The summed E-state index contributed by atoms with van der Waals surface area (Å²) in [5, 5.41) is 4.27. The normalized spacial score (nSPS) is 15.9. The first-order valence-electron chi connectivity index (χ1n) is 5.26. The van der Waals surface area contributed by atoms with Gasteiger partial charge in [-0.15, -0.1) is 0 Å². The maximum atomic E-state index is 11.8. The molecule has 3 nitrogen and oxygen atoms in total. The van der Waals surface area contributed by atoms with Gasteiger partial charge in [0.25, 0.3) is 0 Å². The minimum absolute atomic E-state index is 0.275. The molecule has 76 valence electrons. The monoisotopic (exact) mass is 192 g/mol. The number of hydrogen-bond acceptors (Lipinski definition) is 2. The van der Waals surface area contributed by atoms with Gasteiger partial charge in [-0.3, -0.25) is 9.48 Å². The number of ketones is 1. The summed E-state index contributed by atoms with van der Waals surface area (Å²) in [5.41, 5.74) is 1.78. The van der Waals surface area contributed by atoms with Crippen LogP contribution >= 0.6 is 0 Å². The second-order valence-corrected chi connectivity index (χ2v) is 4.09. The van der Waals surface area contributed by atoms with Crippen LogP contribution in [-0.4, -0.2) is 15.6 Å². The highest BCUT2D eigenvalue weighted by atomic mass is 16.1. The van der Waals surface area contributed by atoms with Gasteiger partial charge in [-0.2, -0.15) is 5.10 Å². The van der Waals surface area contributed by atoms with Crippen LogP contribution in [0.4, 0.5) is 0 Å². The van der Waals surface area contributed by atoms with Gasteiger partial charge in [-0.25, -0.2) is 0 Å². The second-order valence-electron chi connectivity index (χ2n) is 4.09. The molecule has 0 aromatic carbocycles. The molecule has 1 fully saturated rings. The van der Waals surface area contributed by atoms with E-state index in [1.54, 1.807) is 4.68 Å². The molecule has 1 saturated carbocycles. The van der Waals surface area contributed by atoms with Crippen LogP contribution in [-0.2, 0) is 13.5 Å². The molecule has 1 aliphatic carbocycles. The van der Waals surface area contributed by atoms with E-state index in [1.165, 1.54) is 12.8 Å². The highest BCUT2D eigenvalue weighted by molar-refractivity contribution is 5.97. The molecule has 1 aliphatic rings. The topological polar surface area (TPSA) is 34.9 Å². The van der Waals surface area contributed by atoms with Crippen LogP contribution in [0, 0.1) is 5.92 Å². The summed E-state index contributed by atoms with van der Waals surface area (Å²) in [7, 11) is 1.87. The molecule has 0 radical (unpaired) electrons. The second kappa shape index (κ2) is 3.56. The van der Waals surface area contributed by atoms with Crippen molar-refractivity contribution in [3.8, 4) is 0 Å². The third-order valence-electron chi connectivity index (χ3n) is 2.71. The summed E-state index contributed by atoms with van der Waals surface area (Å²) >= 11 is 0. The Morgan fingerprint density at radius 2 is 2.36 bits per heavy atom. The first kappa shape index (κ1) is 9.44. The summed E-state index contributed by atoms with van der Waals surface area (Å²) < 4.78 is 1.74. The van der Waals surface area contributed by atoms with Crippen LogP contribution in [0.15, 0.2) is 6.20 Å². The number of carbonyl (C=O) groups excluding carboxylic acids is 1. The molecule has 0 aliphatic heterocycles.